The number of nitrogens with zero attached hydrogens (tertiary/aromatic N) is 12. The van der Waals surface area contributed by atoms with E-state index in [-0.39, 0.29) is 0 Å². The second-order valence-electron chi connectivity index (χ2n) is 33.4. The van der Waals surface area contributed by atoms with Crippen molar-refractivity contribution in [3.63, 3.8) is 0 Å². The van der Waals surface area contributed by atoms with Crippen LogP contribution in [0.2, 0.25) is 0 Å². The summed E-state index contributed by atoms with van der Waals surface area (Å²) >= 11 is 0. The third kappa shape index (κ3) is 14.7. The summed E-state index contributed by atoms with van der Waals surface area (Å²) in [5, 5.41) is 18.8. The zero-order chi connectivity index (χ0) is 89.2. The zero-order valence-corrected chi connectivity index (χ0v) is 72.2. The quantitative estimate of drug-likeness (QED) is 0.112. The Morgan fingerprint density at radius 1 is 0.156 bits per heavy atom. The van der Waals surface area contributed by atoms with Crippen LogP contribution in [0, 0.1) is 0 Å². The van der Waals surface area contributed by atoms with Gasteiger partial charge in [0.1, 0.15) is 33.5 Å². The van der Waals surface area contributed by atoms with Gasteiger partial charge < -0.3 is 13.3 Å². The molecule has 0 aliphatic rings. The molecule has 0 atom stereocenters. The Labute approximate surface area is 771 Å². The molecule has 15 nitrogen and oxygen atoms in total. The van der Waals surface area contributed by atoms with Crippen LogP contribution in [0.5, 0.6) is 0 Å². The monoisotopic (exact) mass is 1730 g/mol. The predicted octanol–water partition coefficient (Wildman–Crippen LogP) is 30.4. The summed E-state index contributed by atoms with van der Waals surface area (Å²) in [7, 11) is 0. The Hall–Kier alpha value is -18.6. The highest BCUT2D eigenvalue weighted by Gasteiger charge is 2.24. The lowest BCUT2D eigenvalue weighted by molar-refractivity contribution is 0.669. The highest BCUT2D eigenvalue weighted by atomic mass is 16.3. The standard InChI is InChI=1S/3C40H24N4O/c1-3-10-25(11-4-1)38-42-39(26-12-5-2-6-13-26)44-40(43-38)29-19-20-30-27(22-29)14-7-16-31(30)32-17-8-18-35-37(32)33-24-34-28(15-9-21-41-34)23-36(33)45-35;1-3-9-25(10-4-1)38-42-39(26-11-5-2-6-12-26)44-40(43-38)29-17-18-31-28(21-29)13-7-14-32(31)33-15-8-16-35-37(33)34-22-30-24-41-20-19-27(30)23-36(34)45-35;1-3-9-25(10-4-1)38-42-39(26-11-5-2-6-12-26)44-40(43-38)29-17-18-31-28(21-29)13-7-14-32(31)33-15-8-16-35-37(33)34-22-27-19-20-41-24-30(27)23-36(34)45-35/h3*1-24H. The van der Waals surface area contributed by atoms with Crippen molar-refractivity contribution in [2.45, 2.75) is 0 Å². The molecule has 27 rings (SSSR count). The van der Waals surface area contributed by atoms with Crippen LogP contribution in [-0.4, -0.2) is 59.8 Å². The van der Waals surface area contributed by atoms with E-state index < -0.39 is 0 Å². The summed E-state index contributed by atoms with van der Waals surface area (Å²) in [6.45, 7) is 0. The molecule has 0 aliphatic heterocycles. The number of aromatic nitrogens is 12. The third-order valence-electron chi connectivity index (χ3n) is 25.1. The van der Waals surface area contributed by atoms with Gasteiger partial charge >= 0.3 is 0 Å². The van der Waals surface area contributed by atoms with Crippen LogP contribution < -0.4 is 0 Å². The van der Waals surface area contributed by atoms with Crippen molar-refractivity contribution in [2.24, 2.45) is 0 Å². The van der Waals surface area contributed by atoms with Crippen molar-refractivity contribution in [3.05, 3.63) is 437 Å². The van der Waals surface area contributed by atoms with Gasteiger partial charge in [0.15, 0.2) is 52.4 Å². The molecule has 135 heavy (non-hydrogen) atoms. The molecule has 9 aromatic heterocycles. The van der Waals surface area contributed by atoms with E-state index in [0.29, 0.717) is 52.4 Å². The summed E-state index contributed by atoms with van der Waals surface area (Å²) in [5.74, 6) is 5.80. The number of fused-ring (bicyclic) bond motifs is 15. The fourth-order valence-corrected chi connectivity index (χ4v) is 18.7. The Bertz CT molecular complexity index is 8300. The van der Waals surface area contributed by atoms with Crippen LogP contribution >= 0.6 is 0 Å². The minimum absolute atomic E-state index is 0.636. The van der Waals surface area contributed by atoms with Crippen LogP contribution in [0.3, 0.4) is 0 Å². The van der Waals surface area contributed by atoms with Gasteiger partial charge in [0.05, 0.1) is 5.52 Å². The Kier molecular flexibility index (Phi) is 19.5. The molecular weight excluding hydrogens is 1660 g/mol. The summed E-state index contributed by atoms with van der Waals surface area (Å²) < 4.78 is 19.1. The maximum atomic E-state index is 6.36. The molecule has 0 bridgehead atoms. The second kappa shape index (κ2) is 33.5. The highest BCUT2D eigenvalue weighted by molar-refractivity contribution is 6.21. The van der Waals surface area contributed by atoms with Crippen LogP contribution in [-0.2, 0) is 0 Å². The van der Waals surface area contributed by atoms with Gasteiger partial charge in [0, 0.05) is 130 Å². The molecule has 0 amide bonds. The van der Waals surface area contributed by atoms with Gasteiger partial charge in [-0.3, -0.25) is 15.0 Å². The minimum atomic E-state index is 0.636. The minimum Gasteiger partial charge on any atom is -0.456 e. The molecule has 0 fully saturated rings. The number of benzene rings is 18. The maximum absolute atomic E-state index is 6.36. The van der Waals surface area contributed by atoms with Gasteiger partial charge in [0.25, 0.3) is 0 Å². The first kappa shape index (κ1) is 78.6. The molecule has 0 radical (unpaired) electrons. The molecule has 630 valence electrons. The van der Waals surface area contributed by atoms with E-state index in [1.807, 2.05) is 249 Å². The highest BCUT2D eigenvalue weighted by Crippen LogP contribution is 2.47. The predicted molar refractivity (Wildman–Crippen MR) is 545 cm³/mol. The average molecular weight is 1730 g/mol. The molecular formula is C120H72N12O3. The van der Waals surface area contributed by atoms with Crippen molar-refractivity contribution in [2.75, 3.05) is 0 Å². The van der Waals surface area contributed by atoms with E-state index in [2.05, 4.69) is 203 Å². The Morgan fingerprint density at radius 3 is 0.778 bits per heavy atom. The average Bonchev–Trinajstić information content (AvgIpc) is 1.62. The maximum Gasteiger partial charge on any atom is 0.164 e. The summed E-state index contributed by atoms with van der Waals surface area (Å²) in [6.07, 6.45) is 9.26. The molecule has 27 aromatic rings. The van der Waals surface area contributed by atoms with E-state index in [1.54, 1.807) is 0 Å². The van der Waals surface area contributed by atoms with Crippen LogP contribution in [0.25, 0.3) is 266 Å². The largest absolute Gasteiger partial charge is 0.456 e. The molecule has 0 N–H and O–H groups in total. The van der Waals surface area contributed by atoms with Crippen molar-refractivity contribution < 1.29 is 13.3 Å². The van der Waals surface area contributed by atoms with Gasteiger partial charge in [-0.1, -0.05) is 315 Å². The third-order valence-corrected chi connectivity index (χ3v) is 25.1. The van der Waals surface area contributed by atoms with Crippen LogP contribution in [0.1, 0.15) is 0 Å². The van der Waals surface area contributed by atoms with Crippen molar-refractivity contribution >= 4 is 131 Å². The van der Waals surface area contributed by atoms with Gasteiger partial charge in [-0.05, 0) is 167 Å². The molecule has 0 unspecified atom stereocenters. The fourth-order valence-electron chi connectivity index (χ4n) is 18.7. The number of hydrogen-bond donors (Lipinski definition) is 0. The van der Waals surface area contributed by atoms with Gasteiger partial charge in [0.2, 0.25) is 0 Å². The van der Waals surface area contributed by atoms with Gasteiger partial charge in [-0.25, -0.2) is 44.9 Å². The van der Waals surface area contributed by atoms with Crippen LogP contribution in [0.15, 0.2) is 451 Å². The topological polar surface area (TPSA) is 194 Å². The molecule has 0 aliphatic carbocycles. The second-order valence-corrected chi connectivity index (χ2v) is 33.4. The molecule has 0 saturated heterocycles. The lowest BCUT2D eigenvalue weighted by atomic mass is 9.93. The van der Waals surface area contributed by atoms with Crippen molar-refractivity contribution in [3.8, 4) is 136 Å². The van der Waals surface area contributed by atoms with E-state index in [1.165, 1.54) is 0 Å². The number of hydrogen-bond acceptors (Lipinski definition) is 15. The Morgan fingerprint density at radius 2 is 0.430 bits per heavy atom. The van der Waals surface area contributed by atoms with Gasteiger partial charge in [-0.15, -0.1) is 0 Å². The molecule has 0 saturated carbocycles. The molecule has 0 spiro atoms. The summed E-state index contributed by atoms with van der Waals surface area (Å²) in [4.78, 5) is 57.4. The van der Waals surface area contributed by atoms with Crippen molar-refractivity contribution in [1.82, 2.24) is 59.8 Å². The lowest BCUT2D eigenvalue weighted by Crippen LogP contribution is -2.00. The zero-order valence-electron chi connectivity index (χ0n) is 72.2. The molecule has 18 aromatic carbocycles. The number of rotatable bonds is 12. The first-order valence-corrected chi connectivity index (χ1v) is 44.6. The lowest BCUT2D eigenvalue weighted by Gasteiger charge is -2.11. The van der Waals surface area contributed by atoms with Gasteiger partial charge in [-0.2, -0.15) is 0 Å². The molecule has 15 heteroatoms. The fraction of sp³-hybridized carbons (Fsp3) is 0. The number of furan rings is 3. The SMILES string of the molecule is c1ccc(-c2nc(-c3ccccc3)nc(-c3ccc4c(-c5cccc6oc7cc8cccnc8cc7c56)cccc4c3)n2)cc1.c1ccc(-c2nc(-c3ccccc3)nc(-c3ccc4c(-c5cccc6oc7cc8ccncc8cc7c56)cccc4c3)n2)cc1.c1ccc(-c2nc(-c3ccccc3)nc(-c3ccc4c(-c5cccc6oc7cc8cnccc8cc7c56)cccc4c3)n2)cc1. The van der Waals surface area contributed by atoms with E-state index in [9.17, 15) is 0 Å². The summed E-state index contributed by atoms with van der Waals surface area (Å²) in [6, 6.07) is 139. The van der Waals surface area contributed by atoms with Crippen LogP contribution in [0.4, 0.5) is 0 Å². The summed E-state index contributed by atoms with van der Waals surface area (Å²) in [5.41, 5.74) is 21.4. The number of pyridine rings is 3. The van der Waals surface area contributed by atoms with Crippen molar-refractivity contribution in [1.29, 1.82) is 0 Å². The van der Waals surface area contributed by atoms with E-state index >= 15 is 0 Å². The van der Waals surface area contributed by atoms with E-state index in [4.69, 9.17) is 58.1 Å². The normalized spacial score (nSPS) is 11.6. The first-order valence-electron chi connectivity index (χ1n) is 44.6. The van der Waals surface area contributed by atoms with E-state index in [0.717, 1.165) is 214 Å². The first-order chi connectivity index (χ1) is 66.8. The molecule has 9 heterocycles. The smallest absolute Gasteiger partial charge is 0.164 e. The Balaban J connectivity index is 0.000000108.